The number of aromatic nitrogens is 1. The van der Waals surface area contributed by atoms with E-state index in [1.54, 1.807) is 18.3 Å². The smallest absolute Gasteiger partial charge is 0.339 e. The van der Waals surface area contributed by atoms with Crippen LogP contribution in [0, 0.1) is 0 Å². The Morgan fingerprint density at radius 2 is 1.93 bits per heavy atom. The fraction of sp³-hybridized carbons (Fsp3) is 0.167. The largest absolute Gasteiger partial charge is 0.492 e. The van der Waals surface area contributed by atoms with Crippen molar-refractivity contribution in [2.75, 3.05) is 6.61 Å². The summed E-state index contributed by atoms with van der Waals surface area (Å²) < 4.78 is 37.8. The molecule has 9 heteroatoms. The normalized spacial score (nSPS) is 11.6. The number of hydrogen-bond donors (Lipinski definition) is 0. The third kappa shape index (κ3) is 4.39. The summed E-state index contributed by atoms with van der Waals surface area (Å²) >= 11 is 12.9. The van der Waals surface area contributed by atoms with E-state index in [-0.39, 0.29) is 10.6 Å². The molecule has 0 spiro atoms. The number of rotatable bonds is 6. The SMILES string of the molecule is CCCOc1cc(S(=O)(=O)Oc2c(Br)cc(Br)c3cccnc23)ccc1Cl. The Hall–Kier alpha value is -1.35. The molecule has 0 bridgehead atoms. The first-order valence-electron chi connectivity index (χ1n) is 7.93. The van der Waals surface area contributed by atoms with Gasteiger partial charge in [-0.15, -0.1) is 0 Å². The van der Waals surface area contributed by atoms with Crippen molar-refractivity contribution in [1.82, 2.24) is 4.98 Å². The van der Waals surface area contributed by atoms with Crippen molar-refractivity contribution < 1.29 is 17.3 Å². The Labute approximate surface area is 179 Å². The second-order valence-corrected chi connectivity index (χ2v) is 9.21. The molecule has 1 heterocycles. The lowest BCUT2D eigenvalue weighted by Crippen LogP contribution is -2.11. The zero-order valence-electron chi connectivity index (χ0n) is 14.1. The van der Waals surface area contributed by atoms with Crippen molar-refractivity contribution in [3.8, 4) is 11.5 Å². The van der Waals surface area contributed by atoms with Gasteiger partial charge in [0.15, 0.2) is 5.75 Å². The average molecular weight is 536 g/mol. The molecule has 2 aromatic carbocycles. The highest BCUT2D eigenvalue weighted by Crippen LogP contribution is 2.39. The van der Waals surface area contributed by atoms with Gasteiger partial charge in [-0.2, -0.15) is 8.42 Å². The van der Waals surface area contributed by atoms with Gasteiger partial charge in [-0.25, -0.2) is 0 Å². The Kier molecular flexibility index (Phi) is 6.30. The van der Waals surface area contributed by atoms with Gasteiger partial charge in [0.25, 0.3) is 0 Å². The third-order valence-electron chi connectivity index (χ3n) is 3.60. The van der Waals surface area contributed by atoms with E-state index in [2.05, 4.69) is 36.8 Å². The maximum absolute atomic E-state index is 12.8. The number of ether oxygens (including phenoxy) is 1. The summed E-state index contributed by atoms with van der Waals surface area (Å²) in [4.78, 5) is 4.20. The van der Waals surface area contributed by atoms with E-state index < -0.39 is 10.1 Å². The highest BCUT2D eigenvalue weighted by Gasteiger charge is 2.23. The first kappa shape index (κ1) is 20.4. The minimum Gasteiger partial charge on any atom is -0.492 e. The summed E-state index contributed by atoms with van der Waals surface area (Å²) in [6, 6.07) is 9.49. The molecule has 0 amide bonds. The van der Waals surface area contributed by atoms with Crippen molar-refractivity contribution in [2.24, 2.45) is 0 Å². The van der Waals surface area contributed by atoms with E-state index in [1.165, 1.54) is 18.2 Å². The quantitative estimate of drug-likeness (QED) is 0.364. The standard InChI is InChI=1S/C18H14Br2ClNO4S/c1-2-8-25-16-9-11(5-6-15(16)21)27(23,24)26-18-14(20)10-13(19)12-4-3-7-22-17(12)18/h3-7,9-10H,2,8H2,1H3. The number of halogens is 3. The molecule has 0 N–H and O–H groups in total. The van der Waals surface area contributed by atoms with Crippen molar-refractivity contribution in [3.63, 3.8) is 0 Å². The molecule has 0 fully saturated rings. The van der Waals surface area contributed by atoms with Gasteiger partial charge in [-0.05, 0) is 46.6 Å². The number of benzene rings is 2. The van der Waals surface area contributed by atoms with Crippen LogP contribution in [-0.2, 0) is 10.1 Å². The van der Waals surface area contributed by atoms with Crippen molar-refractivity contribution in [1.29, 1.82) is 0 Å². The van der Waals surface area contributed by atoms with Gasteiger partial charge >= 0.3 is 10.1 Å². The second kappa shape index (κ2) is 8.34. The molecule has 0 unspecified atom stereocenters. The van der Waals surface area contributed by atoms with Gasteiger partial charge in [-0.3, -0.25) is 4.98 Å². The maximum atomic E-state index is 12.8. The predicted molar refractivity (Wildman–Crippen MR) is 112 cm³/mol. The van der Waals surface area contributed by atoms with Gasteiger partial charge in [0.1, 0.15) is 16.2 Å². The topological polar surface area (TPSA) is 65.5 Å². The van der Waals surface area contributed by atoms with E-state index in [0.717, 1.165) is 16.3 Å². The molecule has 3 aromatic rings. The first-order valence-corrected chi connectivity index (χ1v) is 11.3. The van der Waals surface area contributed by atoms with Gasteiger partial charge in [0.05, 0.1) is 16.1 Å². The van der Waals surface area contributed by atoms with Crippen LogP contribution in [0.1, 0.15) is 13.3 Å². The molecule has 0 atom stereocenters. The highest BCUT2D eigenvalue weighted by molar-refractivity contribution is 9.11. The summed E-state index contributed by atoms with van der Waals surface area (Å²) in [5.74, 6) is 0.404. The van der Waals surface area contributed by atoms with Gasteiger partial charge < -0.3 is 8.92 Å². The Balaban J connectivity index is 2.04. The monoisotopic (exact) mass is 533 g/mol. The van der Waals surface area contributed by atoms with Crippen molar-refractivity contribution >= 4 is 64.5 Å². The maximum Gasteiger partial charge on any atom is 0.339 e. The fourth-order valence-corrected chi connectivity index (χ4v) is 4.95. The number of nitrogens with zero attached hydrogens (tertiary/aromatic N) is 1. The van der Waals surface area contributed by atoms with Crippen LogP contribution < -0.4 is 8.92 Å². The first-order chi connectivity index (χ1) is 12.8. The van der Waals surface area contributed by atoms with E-state index >= 15 is 0 Å². The van der Waals surface area contributed by atoms with Gasteiger partial charge in [-0.1, -0.05) is 40.5 Å². The van der Waals surface area contributed by atoms with Crippen LogP contribution in [0.3, 0.4) is 0 Å². The molecule has 0 saturated heterocycles. The molecule has 0 aliphatic heterocycles. The van der Waals surface area contributed by atoms with Crippen LogP contribution in [-0.4, -0.2) is 20.0 Å². The van der Waals surface area contributed by atoms with E-state index in [9.17, 15) is 8.42 Å². The molecule has 0 aliphatic carbocycles. The molecule has 0 saturated carbocycles. The highest BCUT2D eigenvalue weighted by atomic mass is 79.9. The predicted octanol–water partition coefficient (Wildman–Crippen LogP) is 5.97. The van der Waals surface area contributed by atoms with E-state index in [1.807, 2.05) is 13.0 Å². The van der Waals surface area contributed by atoms with Crippen LogP contribution in [0.2, 0.25) is 5.02 Å². The van der Waals surface area contributed by atoms with Crippen LogP contribution in [0.25, 0.3) is 10.9 Å². The average Bonchev–Trinajstić information content (AvgIpc) is 2.64. The number of pyridine rings is 1. The van der Waals surface area contributed by atoms with Crippen LogP contribution in [0.4, 0.5) is 0 Å². The lowest BCUT2D eigenvalue weighted by molar-refractivity contribution is 0.316. The summed E-state index contributed by atoms with van der Waals surface area (Å²) in [5, 5.41) is 1.06. The second-order valence-electron chi connectivity index (χ2n) is 5.55. The van der Waals surface area contributed by atoms with Gasteiger partial charge in [0.2, 0.25) is 0 Å². The zero-order chi connectivity index (χ0) is 19.6. The minimum atomic E-state index is -4.13. The Morgan fingerprint density at radius 3 is 2.67 bits per heavy atom. The fourth-order valence-electron chi connectivity index (χ4n) is 2.35. The summed E-state index contributed by atoms with van der Waals surface area (Å²) in [7, 11) is -4.13. The molecular weight excluding hydrogens is 522 g/mol. The molecule has 0 radical (unpaired) electrons. The zero-order valence-corrected chi connectivity index (χ0v) is 18.8. The molecule has 3 rings (SSSR count). The van der Waals surface area contributed by atoms with E-state index in [0.29, 0.717) is 27.4 Å². The molecule has 27 heavy (non-hydrogen) atoms. The summed E-state index contributed by atoms with van der Waals surface area (Å²) in [5.41, 5.74) is 0.416. The third-order valence-corrected chi connectivity index (χ3v) is 6.37. The van der Waals surface area contributed by atoms with Crippen LogP contribution in [0.15, 0.2) is 56.4 Å². The number of fused-ring (bicyclic) bond motifs is 1. The number of hydrogen-bond acceptors (Lipinski definition) is 5. The van der Waals surface area contributed by atoms with Crippen molar-refractivity contribution in [2.45, 2.75) is 18.2 Å². The minimum absolute atomic E-state index is 0.0584. The molecule has 142 valence electrons. The molecule has 0 aliphatic rings. The van der Waals surface area contributed by atoms with Crippen LogP contribution in [0.5, 0.6) is 11.5 Å². The Morgan fingerprint density at radius 1 is 1.15 bits per heavy atom. The molecule has 5 nitrogen and oxygen atoms in total. The van der Waals surface area contributed by atoms with Crippen LogP contribution >= 0.6 is 43.5 Å². The van der Waals surface area contributed by atoms with Gasteiger partial charge in [0, 0.05) is 22.1 Å². The summed E-state index contributed by atoms with van der Waals surface area (Å²) in [6.07, 6.45) is 2.34. The Bertz CT molecular complexity index is 1110. The molecule has 1 aromatic heterocycles. The lowest BCUT2D eigenvalue weighted by Gasteiger charge is -2.13. The van der Waals surface area contributed by atoms with Crippen molar-refractivity contribution in [3.05, 3.63) is 56.6 Å². The van der Waals surface area contributed by atoms with E-state index in [4.69, 9.17) is 20.5 Å². The summed E-state index contributed by atoms with van der Waals surface area (Å²) in [6.45, 7) is 2.37. The molecular formula is C18H14Br2ClNO4S. The lowest BCUT2D eigenvalue weighted by atomic mass is 10.2.